The molecule has 0 saturated heterocycles. The van der Waals surface area contributed by atoms with Gasteiger partial charge in [-0.05, 0) is 52.6 Å². The predicted octanol–water partition coefficient (Wildman–Crippen LogP) is 14.1. The van der Waals surface area contributed by atoms with Gasteiger partial charge in [0.2, 0.25) is 0 Å². The third-order valence-corrected chi connectivity index (χ3v) is 11.4. The normalized spacial score (nSPS) is 11.5. The first-order valence-corrected chi connectivity index (χ1v) is 20.5. The molecule has 4 aromatic heterocycles. The van der Waals surface area contributed by atoms with Crippen molar-refractivity contribution in [1.82, 2.24) is 24.9 Å². The maximum atomic E-state index is 6.54. The summed E-state index contributed by atoms with van der Waals surface area (Å²) in [4.78, 5) is 24.9. The summed E-state index contributed by atoms with van der Waals surface area (Å²) < 4.78 is 13.0. The molecule has 8 aromatic carbocycles. The molecular formula is C55H33N5O2. The molecule has 62 heavy (non-hydrogen) atoms. The van der Waals surface area contributed by atoms with Crippen molar-refractivity contribution in [2.24, 2.45) is 0 Å². The summed E-state index contributed by atoms with van der Waals surface area (Å²) in [6.45, 7) is 0. The van der Waals surface area contributed by atoms with Gasteiger partial charge in [-0.2, -0.15) is 0 Å². The van der Waals surface area contributed by atoms with Crippen LogP contribution in [0.4, 0.5) is 0 Å². The maximum absolute atomic E-state index is 6.54. The molecule has 0 amide bonds. The van der Waals surface area contributed by atoms with E-state index in [1.807, 2.05) is 127 Å². The molecule has 0 atom stereocenters. The number of nitrogens with zero attached hydrogens (tertiary/aromatic N) is 5. The Labute approximate surface area is 355 Å². The molecule has 290 valence electrons. The molecule has 7 nitrogen and oxygen atoms in total. The molecule has 0 unspecified atom stereocenters. The van der Waals surface area contributed by atoms with Crippen molar-refractivity contribution in [2.75, 3.05) is 0 Å². The topological polar surface area (TPSA) is 90.7 Å². The largest absolute Gasteiger partial charge is 0.456 e. The van der Waals surface area contributed by atoms with Gasteiger partial charge in [0, 0.05) is 44.0 Å². The molecule has 0 N–H and O–H groups in total. The third-order valence-electron chi connectivity index (χ3n) is 11.4. The van der Waals surface area contributed by atoms with E-state index in [1.165, 1.54) is 0 Å². The lowest BCUT2D eigenvalue weighted by Gasteiger charge is -2.09. The van der Waals surface area contributed by atoms with E-state index < -0.39 is 0 Å². The molecule has 0 fully saturated rings. The Morgan fingerprint density at radius 2 is 0.742 bits per heavy atom. The molecule has 12 aromatic rings. The summed E-state index contributed by atoms with van der Waals surface area (Å²) in [6.07, 6.45) is 0. The van der Waals surface area contributed by atoms with Crippen LogP contribution < -0.4 is 0 Å². The summed E-state index contributed by atoms with van der Waals surface area (Å²) in [5, 5.41) is 3.02. The smallest absolute Gasteiger partial charge is 0.180 e. The van der Waals surface area contributed by atoms with Gasteiger partial charge in [-0.1, -0.05) is 170 Å². The summed E-state index contributed by atoms with van der Waals surface area (Å²) in [5.74, 6) is 2.53. The SMILES string of the molecule is c1ccc(-c2nc(-c3ccccc3)nc(-c3ccc(-c4cccc5oc6ccc(-c7ccc8oc9c(-c%10ccccc%10)nc(-c%10ccccc%10)nc9c8c7)cc6c45)cc3)n2)cc1. The number of furan rings is 2. The Kier molecular flexibility index (Phi) is 8.35. The molecule has 0 spiro atoms. The molecule has 12 rings (SSSR count). The predicted molar refractivity (Wildman–Crippen MR) is 248 cm³/mol. The van der Waals surface area contributed by atoms with Crippen molar-refractivity contribution in [3.63, 3.8) is 0 Å². The minimum Gasteiger partial charge on any atom is -0.456 e. The Hall–Kier alpha value is -8.55. The molecule has 0 bridgehead atoms. The number of hydrogen-bond donors (Lipinski definition) is 0. The zero-order chi connectivity index (χ0) is 41.0. The molecule has 0 aliphatic rings. The zero-order valence-electron chi connectivity index (χ0n) is 33.1. The van der Waals surface area contributed by atoms with E-state index in [-0.39, 0.29) is 0 Å². The number of fused-ring (bicyclic) bond motifs is 6. The average Bonchev–Trinajstić information content (AvgIpc) is 3.92. The zero-order valence-corrected chi connectivity index (χ0v) is 33.1. The lowest BCUT2D eigenvalue weighted by Crippen LogP contribution is -2.00. The fourth-order valence-electron chi connectivity index (χ4n) is 8.31. The Morgan fingerprint density at radius 3 is 1.31 bits per heavy atom. The van der Waals surface area contributed by atoms with E-state index in [4.69, 9.17) is 33.8 Å². The van der Waals surface area contributed by atoms with Crippen LogP contribution in [0.15, 0.2) is 209 Å². The van der Waals surface area contributed by atoms with Crippen LogP contribution in [-0.4, -0.2) is 24.9 Å². The van der Waals surface area contributed by atoms with E-state index >= 15 is 0 Å². The van der Waals surface area contributed by atoms with Crippen LogP contribution in [0.2, 0.25) is 0 Å². The van der Waals surface area contributed by atoms with Crippen LogP contribution in [0.1, 0.15) is 0 Å². The fraction of sp³-hybridized carbons (Fsp3) is 0. The van der Waals surface area contributed by atoms with Crippen LogP contribution in [-0.2, 0) is 0 Å². The highest BCUT2D eigenvalue weighted by atomic mass is 16.3. The van der Waals surface area contributed by atoms with Crippen LogP contribution >= 0.6 is 0 Å². The first kappa shape index (κ1) is 35.4. The summed E-state index contributed by atoms with van der Waals surface area (Å²) >= 11 is 0. The lowest BCUT2D eigenvalue weighted by atomic mass is 9.96. The Bertz CT molecular complexity index is 3550. The van der Waals surface area contributed by atoms with Gasteiger partial charge in [-0.3, -0.25) is 0 Å². The van der Waals surface area contributed by atoms with Gasteiger partial charge in [0.15, 0.2) is 28.9 Å². The minimum absolute atomic E-state index is 0.613. The second-order valence-electron chi connectivity index (χ2n) is 15.2. The first-order valence-electron chi connectivity index (χ1n) is 20.5. The summed E-state index contributed by atoms with van der Waals surface area (Å²) in [6, 6.07) is 67.7. The monoisotopic (exact) mass is 795 g/mol. The van der Waals surface area contributed by atoms with Gasteiger partial charge in [-0.15, -0.1) is 0 Å². The van der Waals surface area contributed by atoms with Gasteiger partial charge in [0.25, 0.3) is 0 Å². The number of aromatic nitrogens is 5. The van der Waals surface area contributed by atoms with Crippen molar-refractivity contribution in [3.05, 3.63) is 200 Å². The maximum Gasteiger partial charge on any atom is 0.180 e. The minimum atomic E-state index is 0.613. The van der Waals surface area contributed by atoms with E-state index in [2.05, 4.69) is 72.8 Å². The molecule has 0 saturated carbocycles. The number of hydrogen-bond acceptors (Lipinski definition) is 7. The Balaban J connectivity index is 0.950. The van der Waals surface area contributed by atoms with Crippen LogP contribution in [0.5, 0.6) is 0 Å². The van der Waals surface area contributed by atoms with E-state index in [0.717, 1.165) is 94.2 Å². The van der Waals surface area contributed by atoms with E-state index in [0.29, 0.717) is 28.9 Å². The van der Waals surface area contributed by atoms with Gasteiger partial charge in [-0.25, -0.2) is 24.9 Å². The highest BCUT2D eigenvalue weighted by Crippen LogP contribution is 2.41. The molecular weight excluding hydrogens is 763 g/mol. The highest BCUT2D eigenvalue weighted by molar-refractivity contribution is 6.14. The van der Waals surface area contributed by atoms with Gasteiger partial charge in [0.05, 0.1) is 0 Å². The molecule has 0 aliphatic carbocycles. The first-order chi connectivity index (χ1) is 30.7. The summed E-state index contributed by atoms with van der Waals surface area (Å²) in [7, 11) is 0. The van der Waals surface area contributed by atoms with Crippen LogP contribution in [0.25, 0.3) is 123 Å². The number of benzene rings is 8. The third kappa shape index (κ3) is 6.19. The van der Waals surface area contributed by atoms with Crippen molar-refractivity contribution >= 4 is 44.0 Å². The van der Waals surface area contributed by atoms with Crippen molar-refractivity contribution in [2.45, 2.75) is 0 Å². The van der Waals surface area contributed by atoms with Gasteiger partial charge in [0.1, 0.15) is 28.0 Å². The summed E-state index contributed by atoms with van der Waals surface area (Å²) in [5.41, 5.74) is 13.5. The van der Waals surface area contributed by atoms with E-state index in [9.17, 15) is 0 Å². The van der Waals surface area contributed by atoms with Crippen molar-refractivity contribution < 1.29 is 8.83 Å². The van der Waals surface area contributed by atoms with Gasteiger partial charge >= 0.3 is 0 Å². The second-order valence-corrected chi connectivity index (χ2v) is 15.2. The molecule has 0 aliphatic heterocycles. The molecule has 0 radical (unpaired) electrons. The van der Waals surface area contributed by atoms with Crippen LogP contribution in [0.3, 0.4) is 0 Å². The number of rotatable bonds is 7. The quantitative estimate of drug-likeness (QED) is 0.159. The standard InChI is InChI=1S/C55H33N5O2/c1-5-14-35(15-6-1)49-51-50(57-52(56-49)36-16-7-2-8-17-36)44-33-41(29-31-46(44)62-51)40-28-30-45-43(32-40)48-42(22-13-23-47(48)61-45)34-24-26-39(27-25-34)55-59-53(37-18-9-3-10-19-37)58-54(60-55)38-20-11-4-12-21-38/h1-33H. The molecule has 7 heteroatoms. The van der Waals surface area contributed by atoms with Gasteiger partial charge < -0.3 is 8.83 Å². The van der Waals surface area contributed by atoms with E-state index in [1.54, 1.807) is 0 Å². The second kappa shape index (κ2) is 14.6. The highest BCUT2D eigenvalue weighted by Gasteiger charge is 2.20. The van der Waals surface area contributed by atoms with Crippen molar-refractivity contribution in [1.29, 1.82) is 0 Å². The lowest BCUT2D eigenvalue weighted by molar-refractivity contribution is 0.667. The average molecular weight is 796 g/mol. The Morgan fingerprint density at radius 1 is 0.290 bits per heavy atom. The van der Waals surface area contributed by atoms with Crippen LogP contribution in [0, 0.1) is 0 Å². The molecule has 4 heterocycles. The fourth-order valence-corrected chi connectivity index (χ4v) is 8.31. The van der Waals surface area contributed by atoms with Crippen molar-refractivity contribution in [3.8, 4) is 79.1 Å².